The van der Waals surface area contributed by atoms with E-state index < -0.39 is 0 Å². The molecule has 4 rings (SSSR count). The molecule has 7 heteroatoms. The van der Waals surface area contributed by atoms with Crippen LogP contribution in [0.2, 0.25) is 0 Å². The summed E-state index contributed by atoms with van der Waals surface area (Å²) < 4.78 is 6.20. The summed E-state index contributed by atoms with van der Waals surface area (Å²) in [6.45, 7) is 3.38. The van der Waals surface area contributed by atoms with Crippen molar-refractivity contribution in [2.45, 2.75) is 25.4 Å². The van der Waals surface area contributed by atoms with Crippen LogP contribution in [0, 0.1) is 0 Å². The van der Waals surface area contributed by atoms with Crippen LogP contribution < -0.4 is 9.64 Å². The van der Waals surface area contributed by atoms with Crippen LogP contribution in [0.5, 0.6) is 5.75 Å². The number of hydrogen-bond donors (Lipinski definition) is 0. The number of thiazole rings is 1. The van der Waals surface area contributed by atoms with Crippen LogP contribution in [0.3, 0.4) is 0 Å². The molecule has 0 saturated carbocycles. The van der Waals surface area contributed by atoms with E-state index in [1.807, 2.05) is 23.2 Å². The van der Waals surface area contributed by atoms with Crippen LogP contribution in [-0.4, -0.2) is 53.1 Å². The normalized spacial score (nSPS) is 20.6. The summed E-state index contributed by atoms with van der Waals surface area (Å²) in [6.07, 6.45) is 5.07. The predicted octanol–water partition coefficient (Wildman–Crippen LogP) is 2.43. The molecule has 0 spiro atoms. The molecule has 0 aliphatic carbocycles. The second-order valence-electron chi connectivity index (χ2n) is 6.17. The lowest BCUT2D eigenvalue weighted by atomic mass is 10.3. The number of rotatable bonds is 4. The summed E-state index contributed by atoms with van der Waals surface area (Å²) in [5.74, 6) is 1.75. The molecule has 2 aliphatic heterocycles. The molecular formula is C17H20N4O2S. The first-order valence-electron chi connectivity index (χ1n) is 8.35. The van der Waals surface area contributed by atoms with Crippen LogP contribution in [0.4, 0.5) is 5.82 Å². The Morgan fingerprint density at radius 2 is 2.12 bits per heavy atom. The van der Waals surface area contributed by atoms with Crippen molar-refractivity contribution in [1.29, 1.82) is 0 Å². The van der Waals surface area contributed by atoms with Crippen LogP contribution in [0.15, 0.2) is 29.2 Å². The quantitative estimate of drug-likeness (QED) is 0.853. The molecule has 0 aromatic carbocycles. The zero-order valence-corrected chi connectivity index (χ0v) is 14.2. The van der Waals surface area contributed by atoms with Gasteiger partial charge < -0.3 is 14.5 Å². The van der Waals surface area contributed by atoms with Crippen molar-refractivity contribution in [1.82, 2.24) is 14.9 Å². The Labute approximate surface area is 145 Å². The Morgan fingerprint density at radius 1 is 1.25 bits per heavy atom. The standard InChI is InChI=1S/C17H20N4O2S/c22-17(14-11-24-12-19-14)21-9-5-13(10-21)23-15-4-3-6-18-16(15)20-7-1-2-8-20/h3-4,6,11-13H,1-2,5,7-10H2. The summed E-state index contributed by atoms with van der Waals surface area (Å²) in [4.78, 5) is 25.1. The minimum atomic E-state index is -0.00620. The smallest absolute Gasteiger partial charge is 0.273 e. The minimum absolute atomic E-state index is 0.00620. The molecular weight excluding hydrogens is 324 g/mol. The van der Waals surface area contributed by atoms with E-state index in [0.717, 1.165) is 31.1 Å². The molecule has 0 radical (unpaired) electrons. The number of amides is 1. The molecule has 4 heterocycles. The number of aromatic nitrogens is 2. The summed E-state index contributed by atoms with van der Waals surface area (Å²) in [5.41, 5.74) is 2.22. The van der Waals surface area contributed by atoms with Crippen molar-refractivity contribution >= 4 is 23.1 Å². The third kappa shape index (κ3) is 3.08. The summed E-state index contributed by atoms with van der Waals surface area (Å²) in [5, 5.41) is 1.79. The Balaban J connectivity index is 1.43. The molecule has 0 bridgehead atoms. The third-order valence-corrected chi connectivity index (χ3v) is 5.12. The van der Waals surface area contributed by atoms with Crippen molar-refractivity contribution in [2.24, 2.45) is 0 Å². The van der Waals surface area contributed by atoms with Crippen molar-refractivity contribution < 1.29 is 9.53 Å². The molecule has 2 aromatic rings. The Morgan fingerprint density at radius 3 is 2.92 bits per heavy atom. The van der Waals surface area contributed by atoms with E-state index in [2.05, 4.69) is 14.9 Å². The average molecular weight is 344 g/mol. The molecule has 6 nitrogen and oxygen atoms in total. The van der Waals surface area contributed by atoms with Crippen molar-refractivity contribution in [3.05, 3.63) is 34.9 Å². The van der Waals surface area contributed by atoms with E-state index in [1.54, 1.807) is 10.9 Å². The molecule has 1 amide bonds. The predicted molar refractivity (Wildman–Crippen MR) is 92.7 cm³/mol. The number of pyridine rings is 1. The van der Waals surface area contributed by atoms with Gasteiger partial charge >= 0.3 is 0 Å². The highest BCUT2D eigenvalue weighted by atomic mass is 32.1. The molecule has 2 aromatic heterocycles. The van der Waals surface area contributed by atoms with Crippen LogP contribution in [-0.2, 0) is 0 Å². The molecule has 126 valence electrons. The van der Waals surface area contributed by atoms with E-state index in [4.69, 9.17) is 4.74 Å². The number of carbonyl (C=O) groups is 1. The van der Waals surface area contributed by atoms with Gasteiger partial charge in [0, 0.05) is 37.6 Å². The van der Waals surface area contributed by atoms with Gasteiger partial charge in [0.1, 0.15) is 11.8 Å². The monoisotopic (exact) mass is 344 g/mol. The molecule has 1 unspecified atom stereocenters. The van der Waals surface area contributed by atoms with E-state index in [0.29, 0.717) is 18.8 Å². The first-order valence-corrected chi connectivity index (χ1v) is 9.29. The fourth-order valence-electron chi connectivity index (χ4n) is 3.31. The zero-order chi connectivity index (χ0) is 16.4. The van der Waals surface area contributed by atoms with Gasteiger partial charge in [-0.25, -0.2) is 9.97 Å². The van der Waals surface area contributed by atoms with Gasteiger partial charge in [0.2, 0.25) is 0 Å². The van der Waals surface area contributed by atoms with Crippen LogP contribution in [0.1, 0.15) is 29.8 Å². The Kier molecular flexibility index (Phi) is 4.34. The lowest BCUT2D eigenvalue weighted by molar-refractivity contribution is 0.0767. The fourth-order valence-corrected chi connectivity index (χ4v) is 3.84. The van der Waals surface area contributed by atoms with Crippen molar-refractivity contribution in [3.63, 3.8) is 0 Å². The largest absolute Gasteiger partial charge is 0.485 e. The highest BCUT2D eigenvalue weighted by molar-refractivity contribution is 7.07. The van der Waals surface area contributed by atoms with Gasteiger partial charge in [-0.1, -0.05) is 0 Å². The van der Waals surface area contributed by atoms with E-state index in [9.17, 15) is 4.79 Å². The molecule has 1 atom stereocenters. The maximum Gasteiger partial charge on any atom is 0.273 e. The van der Waals surface area contributed by atoms with Gasteiger partial charge in [-0.05, 0) is 25.0 Å². The second kappa shape index (κ2) is 6.76. The van der Waals surface area contributed by atoms with Gasteiger partial charge in [-0.15, -0.1) is 11.3 Å². The zero-order valence-electron chi connectivity index (χ0n) is 13.4. The second-order valence-corrected chi connectivity index (χ2v) is 6.89. The maximum atomic E-state index is 12.4. The number of ether oxygens (including phenoxy) is 1. The molecule has 0 N–H and O–H groups in total. The SMILES string of the molecule is O=C(c1cscn1)N1CCC(Oc2cccnc2N2CCCC2)C1. The lowest BCUT2D eigenvalue weighted by Gasteiger charge is -2.22. The maximum absolute atomic E-state index is 12.4. The Hall–Kier alpha value is -2.15. The number of likely N-dealkylation sites (tertiary alicyclic amines) is 1. The highest BCUT2D eigenvalue weighted by Gasteiger charge is 2.30. The molecule has 24 heavy (non-hydrogen) atoms. The van der Waals surface area contributed by atoms with Gasteiger partial charge in [0.25, 0.3) is 5.91 Å². The minimum Gasteiger partial charge on any atom is -0.485 e. The summed E-state index contributed by atoms with van der Waals surface area (Å²) in [7, 11) is 0. The van der Waals surface area contributed by atoms with Gasteiger partial charge in [-0.3, -0.25) is 4.79 Å². The lowest BCUT2D eigenvalue weighted by Crippen LogP contribution is -2.31. The van der Waals surface area contributed by atoms with E-state index in [-0.39, 0.29) is 12.0 Å². The first-order chi connectivity index (χ1) is 11.8. The fraction of sp³-hybridized carbons (Fsp3) is 0.471. The first kappa shape index (κ1) is 15.4. The number of carbonyl (C=O) groups excluding carboxylic acids is 1. The van der Waals surface area contributed by atoms with E-state index >= 15 is 0 Å². The van der Waals surface area contributed by atoms with Gasteiger partial charge in [-0.2, -0.15) is 0 Å². The molecule has 2 fully saturated rings. The number of anilines is 1. The van der Waals surface area contributed by atoms with Gasteiger partial charge in [0.05, 0.1) is 12.1 Å². The van der Waals surface area contributed by atoms with E-state index in [1.165, 1.54) is 24.2 Å². The van der Waals surface area contributed by atoms with Crippen molar-refractivity contribution in [3.8, 4) is 5.75 Å². The highest BCUT2D eigenvalue weighted by Crippen LogP contribution is 2.30. The number of hydrogen-bond acceptors (Lipinski definition) is 6. The molecule has 2 aliphatic rings. The average Bonchev–Trinajstić information content (AvgIpc) is 3.36. The summed E-state index contributed by atoms with van der Waals surface area (Å²) >= 11 is 1.44. The van der Waals surface area contributed by atoms with Crippen LogP contribution >= 0.6 is 11.3 Å². The number of nitrogens with zero attached hydrogens (tertiary/aromatic N) is 4. The van der Waals surface area contributed by atoms with Crippen LogP contribution in [0.25, 0.3) is 0 Å². The Bertz CT molecular complexity index is 700. The van der Waals surface area contributed by atoms with Crippen molar-refractivity contribution in [2.75, 3.05) is 31.1 Å². The summed E-state index contributed by atoms with van der Waals surface area (Å²) in [6, 6.07) is 3.88. The van der Waals surface area contributed by atoms with Gasteiger partial charge in [0.15, 0.2) is 11.6 Å². The topological polar surface area (TPSA) is 58.6 Å². The molecule has 2 saturated heterocycles. The third-order valence-electron chi connectivity index (χ3n) is 4.53.